The van der Waals surface area contributed by atoms with Crippen molar-refractivity contribution < 1.29 is 59.1 Å². The molecule has 2 aliphatic heterocycles. The van der Waals surface area contributed by atoms with E-state index in [1.165, 1.54) is 0 Å². The molecule has 2 heterocycles. The van der Waals surface area contributed by atoms with Crippen molar-refractivity contribution in [2.75, 3.05) is 52.9 Å². The number of rotatable bonds is 12. The number of benzene rings is 4. The lowest BCUT2D eigenvalue weighted by atomic mass is 10.2. The van der Waals surface area contributed by atoms with Crippen molar-refractivity contribution >= 4 is 0 Å². The van der Waals surface area contributed by atoms with Crippen LogP contribution < -0.4 is 0 Å². The Labute approximate surface area is 305 Å². The summed E-state index contributed by atoms with van der Waals surface area (Å²) in [7, 11) is 0. The second-order valence-electron chi connectivity index (χ2n) is 11.7. The smallest absolute Gasteiger partial charge is 0.184 e. The molecule has 4 aromatic rings. The van der Waals surface area contributed by atoms with Gasteiger partial charge in [-0.3, -0.25) is 0 Å². The molecule has 0 amide bonds. The zero-order valence-electron chi connectivity index (χ0n) is 29.2. The first-order valence-corrected chi connectivity index (χ1v) is 17.1. The average Bonchev–Trinajstić information content (AvgIpc) is 3.23. The first-order chi connectivity index (χ1) is 25.4. The van der Waals surface area contributed by atoms with Gasteiger partial charge in [0.25, 0.3) is 0 Å². The molecule has 2 fully saturated rings. The van der Waals surface area contributed by atoms with Crippen LogP contribution in [0.25, 0.3) is 0 Å². The summed E-state index contributed by atoms with van der Waals surface area (Å²) >= 11 is 0. The van der Waals surface area contributed by atoms with E-state index in [1.807, 2.05) is 109 Å². The summed E-state index contributed by atoms with van der Waals surface area (Å²) in [6, 6.07) is 39.5. The molecule has 2 aliphatic rings. The molecule has 12 heteroatoms. The first-order valence-electron chi connectivity index (χ1n) is 17.1. The van der Waals surface area contributed by atoms with Gasteiger partial charge in [0.15, 0.2) is 12.6 Å². The minimum absolute atomic E-state index is 0.00447. The Morgan fingerprint density at radius 1 is 0.519 bits per heavy atom. The molecular weight excluding hydrogens is 672 g/mol. The summed E-state index contributed by atoms with van der Waals surface area (Å²) < 4.78 is 33.1. The quantitative estimate of drug-likeness (QED) is 0.126. The Morgan fingerprint density at radius 3 is 1.29 bits per heavy atom. The molecule has 4 aromatic carbocycles. The van der Waals surface area contributed by atoms with Crippen molar-refractivity contribution in [3.05, 3.63) is 144 Å². The molecule has 0 radical (unpaired) electrons. The lowest BCUT2D eigenvalue weighted by Crippen LogP contribution is -2.33. The molecule has 0 unspecified atom stereocenters. The number of hydrogen-bond acceptors (Lipinski definition) is 12. The van der Waals surface area contributed by atoms with E-state index in [4.69, 9.17) is 59.1 Å². The zero-order chi connectivity index (χ0) is 37.2. The molecular formula is C40H52O12. The van der Waals surface area contributed by atoms with Crippen LogP contribution in [0.4, 0.5) is 0 Å². The third-order valence-corrected chi connectivity index (χ3v) is 7.38. The number of ether oxygens (including phenoxy) is 6. The lowest BCUT2D eigenvalue weighted by Gasteiger charge is -2.29. The minimum Gasteiger partial charge on any atom is -0.394 e. The van der Waals surface area contributed by atoms with Crippen LogP contribution in [0.1, 0.15) is 34.8 Å². The highest BCUT2D eigenvalue weighted by molar-refractivity contribution is 5.17. The van der Waals surface area contributed by atoms with Crippen LogP contribution in [0.2, 0.25) is 0 Å². The minimum atomic E-state index is -0.954. The fourth-order valence-electron chi connectivity index (χ4n) is 4.48. The van der Waals surface area contributed by atoms with Crippen LogP contribution in [-0.2, 0) is 41.6 Å². The third kappa shape index (κ3) is 17.3. The standard InChI is InChI=1S/C17H18O3.C10H12O3.C10H14O3.C3H8O3/c1-3-7-14(8-4-1)11-18-16-12-19-17(20-13-16)15-9-5-2-6-10-15;11-9-6-12-10(13-7-9)8-4-2-1-3-5-8;11-6-10(7-12)13-8-9-4-2-1-3-5-9;4-1-3(6)2-5/h1-10,16-17H,11-13H2;1-5,9-11H,6-7H2;1-5,10-12H,6-8H2;3-6H,1-2H2. The second kappa shape index (κ2) is 26.2. The van der Waals surface area contributed by atoms with Crippen molar-refractivity contribution in [3.63, 3.8) is 0 Å². The third-order valence-electron chi connectivity index (χ3n) is 7.38. The lowest BCUT2D eigenvalue weighted by molar-refractivity contribution is -0.232. The van der Waals surface area contributed by atoms with Gasteiger partial charge in [-0.05, 0) is 11.1 Å². The van der Waals surface area contributed by atoms with Gasteiger partial charge < -0.3 is 59.1 Å². The van der Waals surface area contributed by atoms with Crippen molar-refractivity contribution in [2.45, 2.75) is 50.2 Å². The largest absolute Gasteiger partial charge is 0.394 e. The monoisotopic (exact) mass is 724 g/mol. The highest BCUT2D eigenvalue weighted by atomic mass is 16.7. The fourth-order valence-corrected chi connectivity index (χ4v) is 4.48. The molecule has 6 N–H and O–H groups in total. The predicted octanol–water partition coefficient (Wildman–Crippen LogP) is 3.30. The second-order valence-corrected chi connectivity index (χ2v) is 11.7. The molecule has 0 saturated carbocycles. The topological polar surface area (TPSA) is 177 Å². The summed E-state index contributed by atoms with van der Waals surface area (Å²) in [4.78, 5) is 0. The van der Waals surface area contributed by atoms with Crippen molar-refractivity contribution in [3.8, 4) is 0 Å². The summed E-state index contributed by atoms with van der Waals surface area (Å²) in [6.07, 6.45) is -2.50. The molecule has 12 nitrogen and oxygen atoms in total. The molecule has 0 aliphatic carbocycles. The predicted molar refractivity (Wildman–Crippen MR) is 193 cm³/mol. The maximum Gasteiger partial charge on any atom is 0.184 e. The van der Waals surface area contributed by atoms with Gasteiger partial charge in [0, 0.05) is 11.1 Å². The highest BCUT2D eigenvalue weighted by Crippen LogP contribution is 2.24. The molecule has 6 rings (SSSR count). The maximum absolute atomic E-state index is 9.12. The number of aliphatic hydroxyl groups excluding tert-OH is 6. The van der Waals surface area contributed by atoms with Crippen LogP contribution in [-0.4, -0.2) is 108 Å². The van der Waals surface area contributed by atoms with Crippen LogP contribution in [0.15, 0.2) is 121 Å². The van der Waals surface area contributed by atoms with Gasteiger partial charge in [-0.2, -0.15) is 0 Å². The zero-order valence-corrected chi connectivity index (χ0v) is 29.2. The SMILES string of the molecule is OC1COC(c2ccccc2)OC1.OCC(CO)OCc1ccccc1.OCC(O)CO.c1ccc(COC2COC(c3ccccc3)OC2)cc1. The summed E-state index contributed by atoms with van der Waals surface area (Å²) in [5.41, 5.74) is 4.25. The molecule has 0 bridgehead atoms. The molecule has 0 atom stereocenters. The van der Waals surface area contributed by atoms with Gasteiger partial charge in [0.2, 0.25) is 0 Å². The van der Waals surface area contributed by atoms with E-state index >= 15 is 0 Å². The Bertz CT molecular complexity index is 1380. The van der Waals surface area contributed by atoms with Gasteiger partial charge in [-0.1, -0.05) is 121 Å². The van der Waals surface area contributed by atoms with Crippen LogP contribution in [0, 0.1) is 0 Å². The maximum atomic E-state index is 9.12. The van der Waals surface area contributed by atoms with E-state index in [0.29, 0.717) is 39.6 Å². The summed E-state index contributed by atoms with van der Waals surface area (Å²) in [6.45, 7) is 1.80. The van der Waals surface area contributed by atoms with Crippen LogP contribution in [0.5, 0.6) is 0 Å². The Hall–Kier alpha value is -3.60. The number of aliphatic hydroxyl groups is 6. The van der Waals surface area contributed by atoms with Gasteiger partial charge in [-0.15, -0.1) is 0 Å². The van der Waals surface area contributed by atoms with Crippen LogP contribution in [0.3, 0.4) is 0 Å². The Morgan fingerprint density at radius 2 is 0.904 bits per heavy atom. The first kappa shape index (κ1) is 42.8. The molecule has 52 heavy (non-hydrogen) atoms. The molecule has 2 saturated heterocycles. The molecule has 0 aromatic heterocycles. The Balaban J connectivity index is 0.000000201. The van der Waals surface area contributed by atoms with Crippen molar-refractivity contribution in [1.82, 2.24) is 0 Å². The fraction of sp³-hybridized carbons (Fsp3) is 0.400. The molecule has 284 valence electrons. The van der Waals surface area contributed by atoms with Gasteiger partial charge in [-0.25, -0.2) is 0 Å². The highest BCUT2D eigenvalue weighted by Gasteiger charge is 2.24. The van der Waals surface area contributed by atoms with E-state index in [2.05, 4.69) is 12.1 Å². The Kier molecular flexibility index (Phi) is 21.6. The van der Waals surface area contributed by atoms with E-state index in [0.717, 1.165) is 22.3 Å². The van der Waals surface area contributed by atoms with E-state index in [1.54, 1.807) is 0 Å². The van der Waals surface area contributed by atoms with Gasteiger partial charge >= 0.3 is 0 Å². The average molecular weight is 725 g/mol. The van der Waals surface area contributed by atoms with Crippen LogP contribution >= 0.6 is 0 Å². The van der Waals surface area contributed by atoms with E-state index in [-0.39, 0.29) is 45.1 Å². The van der Waals surface area contributed by atoms with Gasteiger partial charge in [0.05, 0.1) is 66.1 Å². The van der Waals surface area contributed by atoms with Crippen molar-refractivity contribution in [1.29, 1.82) is 0 Å². The molecule has 0 spiro atoms. The normalized spacial score (nSPS) is 19.7. The summed E-state index contributed by atoms with van der Waals surface area (Å²) in [5, 5.41) is 50.6. The van der Waals surface area contributed by atoms with Gasteiger partial charge in [0.1, 0.15) is 24.4 Å². The van der Waals surface area contributed by atoms with E-state index in [9.17, 15) is 0 Å². The van der Waals surface area contributed by atoms with E-state index < -0.39 is 18.3 Å². The number of hydrogen-bond donors (Lipinski definition) is 6. The van der Waals surface area contributed by atoms with Crippen molar-refractivity contribution in [2.24, 2.45) is 0 Å². The summed E-state index contributed by atoms with van der Waals surface area (Å²) in [5.74, 6) is 0.